The number of carbonyl (C=O) groups excluding carboxylic acids is 1. The molecule has 106 valence electrons. The van der Waals surface area contributed by atoms with Gasteiger partial charge < -0.3 is 9.25 Å². The minimum atomic E-state index is -0.494. The molecule has 21 heavy (non-hydrogen) atoms. The number of rotatable bonds is 2. The minimum Gasteiger partial charge on any atom is -0.457 e. The summed E-state index contributed by atoms with van der Waals surface area (Å²) in [6.45, 7) is 1.69. The molecule has 0 fully saturated rings. The predicted octanol–water partition coefficient (Wildman–Crippen LogP) is 4.57. The van der Waals surface area contributed by atoms with Crippen molar-refractivity contribution in [2.75, 3.05) is 0 Å². The van der Waals surface area contributed by atoms with Gasteiger partial charge in [-0.25, -0.2) is 4.79 Å². The molecule has 0 atom stereocenters. The first-order chi connectivity index (χ1) is 10.0. The molecule has 0 aliphatic carbocycles. The van der Waals surface area contributed by atoms with Crippen molar-refractivity contribution in [1.82, 2.24) is 0 Å². The van der Waals surface area contributed by atoms with Crippen LogP contribution in [0.1, 0.15) is 12.7 Å². The van der Waals surface area contributed by atoms with Gasteiger partial charge in [0.25, 0.3) is 0 Å². The van der Waals surface area contributed by atoms with E-state index in [0.717, 1.165) is 0 Å². The third-order valence-corrected chi connectivity index (χ3v) is 3.55. The van der Waals surface area contributed by atoms with Gasteiger partial charge in [0.1, 0.15) is 11.5 Å². The third kappa shape index (κ3) is 2.73. The molecule has 0 amide bonds. The molecule has 6 heteroatoms. The molecule has 2 heterocycles. The van der Waals surface area contributed by atoms with Gasteiger partial charge in [-0.3, -0.25) is 0 Å². The van der Waals surface area contributed by atoms with Crippen LogP contribution in [-0.4, -0.2) is 11.7 Å². The Morgan fingerprint density at radius 2 is 2.00 bits per heavy atom. The summed E-state index contributed by atoms with van der Waals surface area (Å²) in [6.07, 6.45) is 1.58. The van der Waals surface area contributed by atoms with Crippen LogP contribution in [0, 0.1) is 0 Å². The molecular formula is C15H9Cl2NO3. The number of hydrogen-bond donors (Lipinski definition) is 0. The average molecular weight is 322 g/mol. The topological polar surface area (TPSA) is 51.8 Å². The second kappa shape index (κ2) is 5.39. The molecule has 1 aliphatic heterocycles. The van der Waals surface area contributed by atoms with E-state index < -0.39 is 5.97 Å². The lowest BCUT2D eigenvalue weighted by atomic mass is 10.1. The molecule has 1 aromatic carbocycles. The Morgan fingerprint density at radius 3 is 2.71 bits per heavy atom. The second-order valence-corrected chi connectivity index (χ2v) is 5.28. The van der Waals surface area contributed by atoms with Crippen LogP contribution in [0.2, 0.25) is 10.0 Å². The van der Waals surface area contributed by atoms with Gasteiger partial charge in [-0.15, -0.1) is 0 Å². The number of hydrogen-bond acceptors (Lipinski definition) is 4. The lowest BCUT2D eigenvalue weighted by Gasteiger charge is -2.01. The monoisotopic (exact) mass is 321 g/mol. The van der Waals surface area contributed by atoms with Crippen LogP contribution in [-0.2, 0) is 9.63 Å². The van der Waals surface area contributed by atoms with Crippen molar-refractivity contribution in [2.45, 2.75) is 6.92 Å². The first-order valence-electron chi connectivity index (χ1n) is 6.08. The predicted molar refractivity (Wildman–Crippen MR) is 81.3 cm³/mol. The Morgan fingerprint density at radius 1 is 1.19 bits per heavy atom. The fourth-order valence-electron chi connectivity index (χ4n) is 1.92. The van der Waals surface area contributed by atoms with Gasteiger partial charge in [0.05, 0.1) is 16.3 Å². The average Bonchev–Trinajstić information content (AvgIpc) is 3.04. The standard InChI is InChI=1S/C15H9Cl2NO3/c1-8-11(15(19)21-18-8)7-10-3-5-14(20-10)12-6-9(16)2-4-13(12)17/h2-7H,1H3/b11-7+. The van der Waals surface area contributed by atoms with Gasteiger partial charge in [0.15, 0.2) is 0 Å². The smallest absolute Gasteiger partial charge is 0.367 e. The van der Waals surface area contributed by atoms with Gasteiger partial charge in [-0.2, -0.15) is 0 Å². The van der Waals surface area contributed by atoms with Gasteiger partial charge in [0.2, 0.25) is 0 Å². The van der Waals surface area contributed by atoms with Crippen molar-refractivity contribution in [3.63, 3.8) is 0 Å². The van der Waals surface area contributed by atoms with Crippen molar-refractivity contribution in [2.24, 2.45) is 5.16 Å². The van der Waals surface area contributed by atoms with Gasteiger partial charge >= 0.3 is 5.97 Å². The summed E-state index contributed by atoms with van der Waals surface area (Å²) in [5.41, 5.74) is 1.57. The highest BCUT2D eigenvalue weighted by molar-refractivity contribution is 6.35. The second-order valence-electron chi connectivity index (χ2n) is 4.44. The maximum absolute atomic E-state index is 11.5. The summed E-state index contributed by atoms with van der Waals surface area (Å²) in [4.78, 5) is 16.1. The van der Waals surface area contributed by atoms with E-state index in [4.69, 9.17) is 27.6 Å². The van der Waals surface area contributed by atoms with E-state index in [9.17, 15) is 4.79 Å². The Kier molecular flexibility index (Phi) is 3.57. The molecular weight excluding hydrogens is 313 g/mol. The van der Waals surface area contributed by atoms with Crippen LogP contribution in [0.25, 0.3) is 17.4 Å². The SMILES string of the molecule is CC1=NOC(=O)/C1=C/c1ccc(-c2cc(Cl)ccc2Cl)o1. The molecule has 0 saturated carbocycles. The molecule has 0 radical (unpaired) electrons. The third-order valence-electron chi connectivity index (χ3n) is 2.98. The minimum absolute atomic E-state index is 0.369. The largest absolute Gasteiger partial charge is 0.457 e. The van der Waals surface area contributed by atoms with Crippen LogP contribution >= 0.6 is 23.2 Å². The Hall–Kier alpha value is -2.04. The molecule has 4 nitrogen and oxygen atoms in total. The van der Waals surface area contributed by atoms with Crippen LogP contribution < -0.4 is 0 Å². The molecule has 1 aliphatic rings. The summed E-state index contributed by atoms with van der Waals surface area (Å²) >= 11 is 12.1. The summed E-state index contributed by atoms with van der Waals surface area (Å²) in [6, 6.07) is 8.62. The molecule has 0 saturated heterocycles. The number of halogens is 2. The molecule has 0 bridgehead atoms. The molecule has 0 N–H and O–H groups in total. The van der Waals surface area contributed by atoms with Crippen molar-refractivity contribution in [3.05, 3.63) is 51.7 Å². The maximum atomic E-state index is 11.5. The molecule has 1 aromatic heterocycles. The molecule has 2 aromatic rings. The number of benzene rings is 1. The van der Waals surface area contributed by atoms with Gasteiger partial charge in [-0.1, -0.05) is 28.4 Å². The van der Waals surface area contributed by atoms with E-state index in [-0.39, 0.29) is 0 Å². The van der Waals surface area contributed by atoms with Crippen molar-refractivity contribution in [3.8, 4) is 11.3 Å². The van der Waals surface area contributed by atoms with Crippen molar-refractivity contribution >= 4 is 41.0 Å². The van der Waals surface area contributed by atoms with E-state index in [1.807, 2.05) is 0 Å². The lowest BCUT2D eigenvalue weighted by molar-refractivity contribution is -0.136. The lowest BCUT2D eigenvalue weighted by Crippen LogP contribution is -2.01. The fraction of sp³-hybridized carbons (Fsp3) is 0.0667. The first-order valence-corrected chi connectivity index (χ1v) is 6.83. The molecule has 3 rings (SSSR count). The fourth-order valence-corrected chi connectivity index (χ4v) is 2.31. The number of furan rings is 1. The van der Waals surface area contributed by atoms with E-state index in [0.29, 0.717) is 38.4 Å². The van der Waals surface area contributed by atoms with Crippen LogP contribution in [0.15, 0.2) is 45.5 Å². The number of nitrogens with zero attached hydrogens (tertiary/aromatic N) is 1. The van der Waals surface area contributed by atoms with Gasteiger partial charge in [-0.05, 0) is 43.3 Å². The summed E-state index contributed by atoms with van der Waals surface area (Å²) in [5.74, 6) is 0.575. The number of carbonyl (C=O) groups is 1. The molecule has 0 unspecified atom stereocenters. The van der Waals surface area contributed by atoms with E-state index in [1.165, 1.54) is 0 Å². The van der Waals surface area contributed by atoms with Crippen molar-refractivity contribution < 1.29 is 14.0 Å². The summed E-state index contributed by atoms with van der Waals surface area (Å²) in [5, 5.41) is 4.70. The van der Waals surface area contributed by atoms with E-state index >= 15 is 0 Å². The van der Waals surface area contributed by atoms with Crippen LogP contribution in [0.3, 0.4) is 0 Å². The van der Waals surface area contributed by atoms with Crippen LogP contribution in [0.4, 0.5) is 0 Å². The normalized spacial score (nSPS) is 16.2. The van der Waals surface area contributed by atoms with Crippen LogP contribution in [0.5, 0.6) is 0 Å². The van der Waals surface area contributed by atoms with Crippen molar-refractivity contribution in [1.29, 1.82) is 0 Å². The van der Waals surface area contributed by atoms with E-state index in [1.54, 1.807) is 43.3 Å². The zero-order valence-corrected chi connectivity index (χ0v) is 12.4. The highest BCUT2D eigenvalue weighted by atomic mass is 35.5. The first kappa shape index (κ1) is 13.9. The number of oxime groups is 1. The Balaban J connectivity index is 1.98. The summed E-state index contributed by atoms with van der Waals surface area (Å²) < 4.78 is 5.68. The van der Waals surface area contributed by atoms with E-state index in [2.05, 4.69) is 9.99 Å². The Bertz CT molecular complexity index is 790. The highest BCUT2D eigenvalue weighted by Crippen LogP contribution is 2.32. The zero-order chi connectivity index (χ0) is 15.0. The van der Waals surface area contributed by atoms with Gasteiger partial charge in [0, 0.05) is 10.6 Å². The summed E-state index contributed by atoms with van der Waals surface area (Å²) in [7, 11) is 0. The molecule has 0 spiro atoms. The maximum Gasteiger partial charge on any atom is 0.367 e. The Labute approximate surface area is 130 Å². The highest BCUT2D eigenvalue weighted by Gasteiger charge is 2.22. The quantitative estimate of drug-likeness (QED) is 0.601. The zero-order valence-electron chi connectivity index (χ0n) is 10.9.